The van der Waals surface area contributed by atoms with Gasteiger partial charge in [0.1, 0.15) is 0 Å². The van der Waals surface area contributed by atoms with E-state index in [0.717, 1.165) is 19.4 Å². The van der Waals surface area contributed by atoms with Gasteiger partial charge < -0.3 is 5.73 Å². The van der Waals surface area contributed by atoms with E-state index in [1.165, 1.54) is 14.7 Å². The Morgan fingerprint density at radius 3 is 1.94 bits per heavy atom. The van der Waals surface area contributed by atoms with Gasteiger partial charge >= 0.3 is 0 Å². The first kappa shape index (κ1) is 13.6. The molecule has 0 radical (unpaired) electrons. The van der Waals surface area contributed by atoms with Crippen molar-refractivity contribution in [1.82, 2.24) is 0 Å². The maximum absolute atomic E-state index is 5.90. The lowest BCUT2D eigenvalue weighted by Crippen LogP contribution is -2.19. The molecule has 2 rings (SSSR count). The van der Waals surface area contributed by atoms with Crippen molar-refractivity contribution in [2.24, 2.45) is 11.7 Å². The summed E-state index contributed by atoms with van der Waals surface area (Å²) in [6.45, 7) is 0.737. The largest absolute Gasteiger partial charge is 0.330 e. The molecule has 0 heterocycles. The number of hydrogen-bond acceptors (Lipinski definition) is 1. The highest BCUT2D eigenvalue weighted by Gasteiger charge is 2.08. The Kier molecular flexibility index (Phi) is 5.20. The second-order valence-electron chi connectivity index (χ2n) is 4.62. The van der Waals surface area contributed by atoms with Crippen molar-refractivity contribution in [3.05, 3.63) is 69.3 Å². The van der Waals surface area contributed by atoms with Gasteiger partial charge in [0.25, 0.3) is 0 Å². The topological polar surface area (TPSA) is 26.0 Å². The van der Waals surface area contributed by atoms with E-state index in [-0.39, 0.29) is 0 Å². The number of hydrogen-bond donors (Lipinski definition) is 1. The summed E-state index contributed by atoms with van der Waals surface area (Å²) in [7, 11) is 0. The minimum Gasteiger partial charge on any atom is -0.330 e. The highest BCUT2D eigenvalue weighted by atomic mass is 127. The van der Waals surface area contributed by atoms with Crippen LogP contribution in [-0.4, -0.2) is 6.54 Å². The summed E-state index contributed by atoms with van der Waals surface area (Å²) in [5.41, 5.74) is 8.65. The summed E-state index contributed by atoms with van der Waals surface area (Å²) in [4.78, 5) is 0. The van der Waals surface area contributed by atoms with Crippen molar-refractivity contribution in [1.29, 1.82) is 0 Å². The fourth-order valence-electron chi connectivity index (χ4n) is 2.14. The van der Waals surface area contributed by atoms with E-state index in [4.69, 9.17) is 5.73 Å². The number of nitrogens with two attached hydrogens (primary N) is 1. The van der Waals surface area contributed by atoms with Crippen LogP contribution in [0.1, 0.15) is 11.1 Å². The molecule has 0 spiro atoms. The molecule has 0 fully saturated rings. The molecule has 1 nitrogen and oxygen atoms in total. The Hall–Kier alpha value is -0.870. The summed E-state index contributed by atoms with van der Waals surface area (Å²) in [5, 5.41) is 0. The first-order chi connectivity index (χ1) is 8.78. The van der Waals surface area contributed by atoms with Gasteiger partial charge in [0, 0.05) is 3.57 Å². The van der Waals surface area contributed by atoms with Gasteiger partial charge in [-0.2, -0.15) is 0 Å². The molecule has 0 aliphatic rings. The number of rotatable bonds is 5. The zero-order valence-electron chi connectivity index (χ0n) is 10.4. The maximum atomic E-state index is 5.90. The minimum atomic E-state index is 0.521. The van der Waals surface area contributed by atoms with Crippen LogP contribution in [0.15, 0.2) is 54.6 Å². The molecule has 1 atom stereocenters. The molecule has 0 amide bonds. The SMILES string of the molecule is NCC(Cc1ccccc1)Cc1ccc(I)cc1. The van der Waals surface area contributed by atoms with Gasteiger partial charge in [-0.25, -0.2) is 0 Å². The lowest BCUT2D eigenvalue weighted by Gasteiger charge is -2.15. The van der Waals surface area contributed by atoms with Crippen LogP contribution in [0, 0.1) is 9.49 Å². The van der Waals surface area contributed by atoms with Crippen LogP contribution in [0.25, 0.3) is 0 Å². The summed E-state index contributed by atoms with van der Waals surface area (Å²) in [5.74, 6) is 0.521. The molecular weight excluding hydrogens is 333 g/mol. The summed E-state index contributed by atoms with van der Waals surface area (Å²) in [6, 6.07) is 19.3. The quantitative estimate of drug-likeness (QED) is 0.818. The van der Waals surface area contributed by atoms with Crippen molar-refractivity contribution < 1.29 is 0 Å². The Balaban J connectivity index is 1.99. The van der Waals surface area contributed by atoms with Crippen molar-refractivity contribution in [2.45, 2.75) is 12.8 Å². The third kappa shape index (κ3) is 4.10. The summed E-state index contributed by atoms with van der Waals surface area (Å²) in [6.07, 6.45) is 2.12. The summed E-state index contributed by atoms with van der Waals surface area (Å²) < 4.78 is 1.28. The molecule has 94 valence electrons. The highest BCUT2D eigenvalue weighted by molar-refractivity contribution is 14.1. The molecule has 2 aromatic carbocycles. The first-order valence-corrected chi connectivity index (χ1v) is 7.34. The van der Waals surface area contributed by atoms with Crippen LogP contribution in [0.5, 0.6) is 0 Å². The molecule has 0 bridgehead atoms. The molecule has 0 saturated heterocycles. The lowest BCUT2D eigenvalue weighted by molar-refractivity contribution is 0.533. The second-order valence-corrected chi connectivity index (χ2v) is 5.87. The van der Waals surface area contributed by atoms with E-state index in [1.807, 2.05) is 0 Å². The van der Waals surface area contributed by atoms with Gasteiger partial charge in [0.05, 0.1) is 0 Å². The van der Waals surface area contributed by atoms with Gasteiger partial charge in [0.2, 0.25) is 0 Å². The number of halogens is 1. The summed E-state index contributed by atoms with van der Waals surface area (Å²) >= 11 is 2.33. The zero-order valence-corrected chi connectivity index (χ0v) is 12.5. The Morgan fingerprint density at radius 1 is 0.833 bits per heavy atom. The fourth-order valence-corrected chi connectivity index (χ4v) is 2.50. The predicted octanol–water partition coefficient (Wildman–Crippen LogP) is 3.65. The molecule has 0 aromatic heterocycles. The zero-order chi connectivity index (χ0) is 12.8. The molecule has 0 saturated carbocycles. The predicted molar refractivity (Wildman–Crippen MR) is 85.6 cm³/mol. The molecule has 2 aromatic rings. The van der Waals surface area contributed by atoms with Gasteiger partial charge in [-0.3, -0.25) is 0 Å². The van der Waals surface area contributed by atoms with Crippen LogP contribution < -0.4 is 5.73 Å². The van der Waals surface area contributed by atoms with Gasteiger partial charge in [-0.1, -0.05) is 42.5 Å². The maximum Gasteiger partial charge on any atom is 0.0130 e. The van der Waals surface area contributed by atoms with Gasteiger partial charge in [-0.05, 0) is 71.2 Å². The van der Waals surface area contributed by atoms with E-state index >= 15 is 0 Å². The second kappa shape index (κ2) is 6.90. The van der Waals surface area contributed by atoms with Gasteiger partial charge in [0.15, 0.2) is 0 Å². The van der Waals surface area contributed by atoms with Crippen LogP contribution in [0.3, 0.4) is 0 Å². The molecule has 1 unspecified atom stereocenters. The van der Waals surface area contributed by atoms with E-state index in [2.05, 4.69) is 77.2 Å². The van der Waals surface area contributed by atoms with Gasteiger partial charge in [-0.15, -0.1) is 0 Å². The Bertz CT molecular complexity index is 464. The van der Waals surface area contributed by atoms with Crippen LogP contribution in [0.4, 0.5) is 0 Å². The molecule has 0 aliphatic heterocycles. The lowest BCUT2D eigenvalue weighted by atomic mass is 9.93. The Morgan fingerprint density at radius 2 is 1.39 bits per heavy atom. The third-order valence-electron chi connectivity index (χ3n) is 3.14. The Labute approximate surface area is 123 Å². The van der Waals surface area contributed by atoms with E-state index in [9.17, 15) is 0 Å². The molecule has 18 heavy (non-hydrogen) atoms. The minimum absolute atomic E-state index is 0.521. The average molecular weight is 351 g/mol. The molecule has 2 heteroatoms. The van der Waals surface area contributed by atoms with Crippen LogP contribution in [-0.2, 0) is 12.8 Å². The average Bonchev–Trinajstić information content (AvgIpc) is 2.41. The smallest absolute Gasteiger partial charge is 0.0130 e. The van der Waals surface area contributed by atoms with Crippen molar-refractivity contribution in [3.8, 4) is 0 Å². The fraction of sp³-hybridized carbons (Fsp3) is 0.250. The van der Waals surface area contributed by atoms with E-state index in [1.54, 1.807) is 0 Å². The number of benzene rings is 2. The molecule has 2 N–H and O–H groups in total. The standard InChI is InChI=1S/C16H18IN/c17-16-8-6-14(7-9-16)11-15(12-18)10-13-4-2-1-3-5-13/h1-9,15H,10-12,18H2. The third-order valence-corrected chi connectivity index (χ3v) is 3.86. The van der Waals surface area contributed by atoms with Crippen molar-refractivity contribution in [3.63, 3.8) is 0 Å². The monoisotopic (exact) mass is 351 g/mol. The highest BCUT2D eigenvalue weighted by Crippen LogP contribution is 2.15. The van der Waals surface area contributed by atoms with Crippen LogP contribution >= 0.6 is 22.6 Å². The molecule has 0 aliphatic carbocycles. The van der Waals surface area contributed by atoms with E-state index < -0.39 is 0 Å². The van der Waals surface area contributed by atoms with Crippen LogP contribution in [0.2, 0.25) is 0 Å². The first-order valence-electron chi connectivity index (χ1n) is 6.26. The van der Waals surface area contributed by atoms with E-state index in [0.29, 0.717) is 5.92 Å². The molecular formula is C16H18IN. The van der Waals surface area contributed by atoms with Crippen molar-refractivity contribution >= 4 is 22.6 Å². The van der Waals surface area contributed by atoms with Crippen molar-refractivity contribution in [2.75, 3.05) is 6.54 Å². The normalized spacial score (nSPS) is 12.3.